The largest absolute Gasteiger partial charge is 0.486 e. The van der Waals surface area contributed by atoms with Crippen LogP contribution in [0.1, 0.15) is 43.0 Å². The maximum atomic E-state index is 5.88. The molecule has 4 nitrogen and oxygen atoms in total. The Hall–Kier alpha value is -3.27. The van der Waals surface area contributed by atoms with Crippen molar-refractivity contribution < 1.29 is 9.47 Å². The number of benzene rings is 3. The fourth-order valence-corrected chi connectivity index (χ4v) is 4.50. The highest BCUT2D eigenvalue weighted by molar-refractivity contribution is 6.04. The number of nitrogens with one attached hydrogen (secondary N) is 1. The van der Waals surface area contributed by atoms with Crippen molar-refractivity contribution in [3.05, 3.63) is 89.5 Å². The molecule has 0 amide bonds. The molecular weight excluding hydrogens is 384 g/mol. The number of ether oxygens (including phenoxy) is 2. The normalized spacial score (nSPS) is 17.3. The number of aliphatic imine (C=N–C) groups is 1. The van der Waals surface area contributed by atoms with Gasteiger partial charge >= 0.3 is 0 Å². The molecule has 2 heterocycles. The van der Waals surface area contributed by atoms with Gasteiger partial charge in [0, 0.05) is 23.4 Å². The van der Waals surface area contributed by atoms with Gasteiger partial charge in [-0.15, -0.1) is 0 Å². The number of para-hydroxylation sites is 1. The highest BCUT2D eigenvalue weighted by Gasteiger charge is 2.30. The van der Waals surface area contributed by atoms with Crippen LogP contribution in [0.25, 0.3) is 0 Å². The second kappa shape index (κ2) is 8.10. The van der Waals surface area contributed by atoms with Crippen molar-refractivity contribution in [1.29, 1.82) is 0 Å². The van der Waals surface area contributed by atoms with Crippen LogP contribution in [-0.2, 0) is 6.42 Å². The maximum absolute atomic E-state index is 5.88. The van der Waals surface area contributed by atoms with Crippen LogP contribution >= 0.6 is 0 Å². The van der Waals surface area contributed by atoms with Crippen LogP contribution in [0.4, 0.5) is 5.69 Å². The van der Waals surface area contributed by atoms with E-state index in [-0.39, 0.29) is 11.6 Å². The molecule has 2 aliphatic rings. The quantitative estimate of drug-likeness (QED) is 0.574. The van der Waals surface area contributed by atoms with Gasteiger partial charge in [0.1, 0.15) is 13.2 Å². The number of hydrogen-bond acceptors (Lipinski definition) is 4. The zero-order chi connectivity index (χ0) is 21.3. The smallest absolute Gasteiger partial charge is 0.162 e. The lowest BCUT2D eigenvalue weighted by Crippen LogP contribution is -2.31. The fraction of sp³-hybridized carbons (Fsp3) is 0.296. The van der Waals surface area contributed by atoms with Crippen LogP contribution in [0, 0.1) is 0 Å². The highest BCUT2D eigenvalue weighted by Crippen LogP contribution is 2.39. The molecule has 0 saturated heterocycles. The Labute approximate surface area is 183 Å². The van der Waals surface area contributed by atoms with E-state index in [2.05, 4.69) is 85.9 Å². The van der Waals surface area contributed by atoms with Crippen molar-refractivity contribution in [3.63, 3.8) is 0 Å². The molecule has 0 saturated carbocycles. The average Bonchev–Trinajstić information content (AvgIpc) is 2.78. The van der Waals surface area contributed by atoms with Gasteiger partial charge in [-0.25, -0.2) is 0 Å². The molecule has 5 rings (SSSR count). The van der Waals surface area contributed by atoms with Crippen LogP contribution in [0.3, 0.4) is 0 Å². The molecule has 0 spiro atoms. The van der Waals surface area contributed by atoms with E-state index < -0.39 is 0 Å². The molecule has 1 atom stereocenters. The standard InChI is InChI=1S/C27H28N2O2/c1-27(2)18-20-15-25-26(31-14-13-30-25)16-22(20)24(29-27)17-23(19-9-5-3-6-10-19)28-21-11-7-4-8-12-21/h3-12,15-16,23,28H,13-14,17-18H2,1-2H3. The Bertz CT molecular complexity index is 1090. The first-order chi connectivity index (χ1) is 15.1. The lowest BCUT2D eigenvalue weighted by Gasteiger charge is -2.32. The second-order valence-electron chi connectivity index (χ2n) is 8.88. The van der Waals surface area contributed by atoms with Crippen molar-refractivity contribution in [2.24, 2.45) is 4.99 Å². The average molecular weight is 413 g/mol. The number of nitrogens with zero attached hydrogens (tertiary/aromatic N) is 1. The molecule has 0 aromatic heterocycles. The second-order valence-corrected chi connectivity index (χ2v) is 8.88. The third-order valence-electron chi connectivity index (χ3n) is 5.85. The Morgan fingerprint density at radius 3 is 2.26 bits per heavy atom. The molecule has 158 valence electrons. The van der Waals surface area contributed by atoms with Crippen molar-refractivity contribution in [2.75, 3.05) is 18.5 Å². The molecule has 0 radical (unpaired) electrons. The first-order valence-electron chi connectivity index (χ1n) is 11.0. The zero-order valence-corrected chi connectivity index (χ0v) is 18.1. The summed E-state index contributed by atoms with van der Waals surface area (Å²) in [6.07, 6.45) is 1.68. The molecule has 4 heteroatoms. The van der Waals surface area contributed by atoms with Gasteiger partial charge in [-0.2, -0.15) is 0 Å². The van der Waals surface area contributed by atoms with Crippen LogP contribution < -0.4 is 14.8 Å². The summed E-state index contributed by atoms with van der Waals surface area (Å²) in [5.41, 5.74) is 5.77. The van der Waals surface area contributed by atoms with Crippen molar-refractivity contribution in [1.82, 2.24) is 0 Å². The van der Waals surface area contributed by atoms with Gasteiger partial charge in [0.2, 0.25) is 0 Å². The van der Waals surface area contributed by atoms with E-state index >= 15 is 0 Å². The van der Waals surface area contributed by atoms with Crippen LogP contribution in [0.2, 0.25) is 0 Å². The molecule has 2 aliphatic heterocycles. The number of fused-ring (bicyclic) bond motifs is 2. The summed E-state index contributed by atoms with van der Waals surface area (Å²) in [4.78, 5) is 5.19. The van der Waals surface area contributed by atoms with Gasteiger partial charge in [-0.05, 0) is 55.7 Å². The topological polar surface area (TPSA) is 42.9 Å². The predicted molar refractivity (Wildman–Crippen MR) is 126 cm³/mol. The Kier molecular flexibility index (Phi) is 5.14. The van der Waals surface area contributed by atoms with Gasteiger partial charge in [0.25, 0.3) is 0 Å². The molecule has 0 fully saturated rings. The van der Waals surface area contributed by atoms with Gasteiger partial charge < -0.3 is 14.8 Å². The highest BCUT2D eigenvalue weighted by atomic mass is 16.6. The fourth-order valence-electron chi connectivity index (χ4n) is 4.50. The van der Waals surface area contributed by atoms with Crippen molar-refractivity contribution in [2.45, 2.75) is 38.3 Å². The monoisotopic (exact) mass is 412 g/mol. The van der Waals surface area contributed by atoms with Gasteiger partial charge in [-0.3, -0.25) is 4.99 Å². The van der Waals surface area contributed by atoms with E-state index in [9.17, 15) is 0 Å². The minimum atomic E-state index is -0.153. The molecular formula is C27H28N2O2. The molecule has 1 unspecified atom stereocenters. The molecule has 3 aromatic carbocycles. The van der Waals surface area contributed by atoms with Crippen molar-refractivity contribution in [3.8, 4) is 11.5 Å². The minimum Gasteiger partial charge on any atom is -0.486 e. The molecule has 3 aromatic rings. The van der Waals surface area contributed by atoms with Gasteiger partial charge in [0.15, 0.2) is 11.5 Å². The predicted octanol–water partition coefficient (Wildman–Crippen LogP) is 5.83. The molecule has 1 N–H and O–H groups in total. The number of rotatable bonds is 5. The summed E-state index contributed by atoms with van der Waals surface area (Å²) < 4.78 is 11.7. The Morgan fingerprint density at radius 1 is 0.903 bits per heavy atom. The van der Waals surface area contributed by atoms with E-state index in [1.165, 1.54) is 16.7 Å². The SMILES string of the molecule is CC1(C)Cc2cc3c(cc2C(CC(Nc2ccccc2)c2ccccc2)=N1)OCCO3. The van der Waals surface area contributed by atoms with Crippen LogP contribution in [0.5, 0.6) is 11.5 Å². The Morgan fingerprint density at radius 2 is 1.55 bits per heavy atom. The van der Waals surface area contributed by atoms with Crippen LogP contribution in [0.15, 0.2) is 77.8 Å². The lowest BCUT2D eigenvalue weighted by molar-refractivity contribution is 0.171. The third-order valence-corrected chi connectivity index (χ3v) is 5.85. The molecule has 31 heavy (non-hydrogen) atoms. The first kappa shape index (κ1) is 19.7. The summed E-state index contributed by atoms with van der Waals surface area (Å²) in [6, 6.07) is 25.4. The number of hydrogen-bond donors (Lipinski definition) is 1. The summed E-state index contributed by atoms with van der Waals surface area (Å²) in [6.45, 7) is 5.60. The summed E-state index contributed by atoms with van der Waals surface area (Å²) in [5, 5.41) is 3.73. The summed E-state index contributed by atoms with van der Waals surface area (Å²) >= 11 is 0. The lowest BCUT2D eigenvalue weighted by atomic mass is 9.84. The molecule has 0 bridgehead atoms. The van der Waals surface area contributed by atoms with Gasteiger partial charge in [-0.1, -0.05) is 48.5 Å². The summed E-state index contributed by atoms with van der Waals surface area (Å²) in [5.74, 6) is 1.67. The minimum absolute atomic E-state index is 0.109. The van der Waals surface area contributed by atoms with Crippen molar-refractivity contribution >= 4 is 11.4 Å². The van der Waals surface area contributed by atoms with E-state index in [0.717, 1.165) is 35.7 Å². The van der Waals surface area contributed by atoms with Crippen LogP contribution in [-0.4, -0.2) is 24.5 Å². The maximum Gasteiger partial charge on any atom is 0.162 e. The van der Waals surface area contributed by atoms with E-state index in [1.807, 2.05) is 6.07 Å². The third kappa shape index (κ3) is 4.29. The summed E-state index contributed by atoms with van der Waals surface area (Å²) in [7, 11) is 0. The zero-order valence-electron chi connectivity index (χ0n) is 18.1. The first-order valence-corrected chi connectivity index (χ1v) is 11.0. The van der Waals surface area contributed by atoms with E-state index in [4.69, 9.17) is 14.5 Å². The number of anilines is 1. The van der Waals surface area contributed by atoms with Gasteiger partial charge in [0.05, 0.1) is 11.6 Å². The van der Waals surface area contributed by atoms with E-state index in [1.54, 1.807) is 0 Å². The molecule has 0 aliphatic carbocycles. The van der Waals surface area contributed by atoms with E-state index in [0.29, 0.717) is 13.2 Å². The Balaban J connectivity index is 1.53.